The lowest BCUT2D eigenvalue weighted by Crippen LogP contribution is -2.31. The van der Waals surface area contributed by atoms with Crippen molar-refractivity contribution in [1.82, 2.24) is 0 Å². The van der Waals surface area contributed by atoms with Crippen LogP contribution in [0.25, 0.3) is 0 Å². The summed E-state index contributed by atoms with van der Waals surface area (Å²) in [6.07, 6.45) is 0.395. The number of rotatable bonds is 6. The Morgan fingerprint density at radius 1 is 1.21 bits per heavy atom. The fourth-order valence-electron chi connectivity index (χ4n) is 1.79. The van der Waals surface area contributed by atoms with Crippen LogP contribution in [0.1, 0.15) is 39.7 Å². The van der Waals surface area contributed by atoms with Gasteiger partial charge in [0, 0.05) is 6.42 Å². The number of hydrogen-bond acceptors (Lipinski definition) is 3. The summed E-state index contributed by atoms with van der Waals surface area (Å²) in [7, 11) is 1.65. The van der Waals surface area contributed by atoms with Crippen molar-refractivity contribution < 1.29 is 14.3 Å². The van der Waals surface area contributed by atoms with E-state index < -0.39 is 0 Å². The number of methoxy groups -OCH3 is 1. The summed E-state index contributed by atoms with van der Waals surface area (Å²) in [6.45, 7) is 8.40. The zero-order valence-corrected chi connectivity index (χ0v) is 12.5. The Hall–Kier alpha value is -1.35. The fraction of sp³-hybridized carbons (Fsp3) is 0.562. The second-order valence-electron chi connectivity index (χ2n) is 5.92. The average Bonchev–Trinajstić information content (AvgIpc) is 2.33. The quantitative estimate of drug-likeness (QED) is 0.787. The predicted molar refractivity (Wildman–Crippen MR) is 76.3 cm³/mol. The Morgan fingerprint density at radius 3 is 2.21 bits per heavy atom. The highest BCUT2D eigenvalue weighted by Gasteiger charge is 2.26. The van der Waals surface area contributed by atoms with Crippen molar-refractivity contribution in [3.63, 3.8) is 0 Å². The molecule has 0 saturated carbocycles. The normalized spacial score (nSPS) is 13.1. The van der Waals surface area contributed by atoms with Crippen LogP contribution in [0.4, 0.5) is 0 Å². The molecule has 0 spiro atoms. The van der Waals surface area contributed by atoms with Gasteiger partial charge in [0.05, 0.1) is 19.8 Å². The first-order valence-corrected chi connectivity index (χ1v) is 6.57. The lowest BCUT2D eigenvalue weighted by molar-refractivity contribution is -0.123. The van der Waals surface area contributed by atoms with E-state index >= 15 is 0 Å². The van der Waals surface area contributed by atoms with Gasteiger partial charge in [-0.25, -0.2) is 0 Å². The number of benzene rings is 1. The molecule has 0 heterocycles. The zero-order chi connectivity index (χ0) is 14.5. The molecular formula is C16H24O3. The van der Waals surface area contributed by atoms with Gasteiger partial charge in [0.1, 0.15) is 11.5 Å². The van der Waals surface area contributed by atoms with Gasteiger partial charge in [-0.2, -0.15) is 0 Å². The molecule has 1 rings (SSSR count). The summed E-state index contributed by atoms with van der Waals surface area (Å²) in [5.74, 6) is 0.995. The van der Waals surface area contributed by atoms with Gasteiger partial charge >= 0.3 is 0 Å². The zero-order valence-electron chi connectivity index (χ0n) is 12.5. The molecule has 0 aromatic heterocycles. The van der Waals surface area contributed by atoms with Crippen molar-refractivity contribution in [2.75, 3.05) is 7.11 Å². The molecule has 1 atom stereocenters. The topological polar surface area (TPSA) is 35.5 Å². The molecule has 3 heteroatoms. The second-order valence-corrected chi connectivity index (χ2v) is 5.92. The Bertz CT molecular complexity index is 401. The van der Waals surface area contributed by atoms with E-state index in [1.54, 1.807) is 14.0 Å². The second kappa shape index (κ2) is 6.71. The minimum absolute atomic E-state index is 0.0435. The van der Waals surface area contributed by atoms with Gasteiger partial charge in [0.2, 0.25) is 0 Å². The van der Waals surface area contributed by atoms with E-state index in [4.69, 9.17) is 9.47 Å². The van der Waals surface area contributed by atoms with E-state index in [-0.39, 0.29) is 17.3 Å². The van der Waals surface area contributed by atoms with Crippen LogP contribution in [-0.4, -0.2) is 19.0 Å². The van der Waals surface area contributed by atoms with Crippen LogP contribution in [0.2, 0.25) is 0 Å². The molecule has 106 valence electrons. The molecule has 0 amide bonds. The number of ketones is 1. The Labute approximate surface area is 115 Å². The molecule has 19 heavy (non-hydrogen) atoms. The molecule has 3 nitrogen and oxygen atoms in total. The van der Waals surface area contributed by atoms with E-state index in [2.05, 4.69) is 20.8 Å². The van der Waals surface area contributed by atoms with Crippen LogP contribution in [0.15, 0.2) is 24.3 Å². The van der Waals surface area contributed by atoms with Gasteiger partial charge < -0.3 is 9.47 Å². The molecule has 1 aromatic carbocycles. The minimum Gasteiger partial charge on any atom is -0.497 e. The van der Waals surface area contributed by atoms with Gasteiger partial charge in [-0.1, -0.05) is 32.9 Å². The van der Waals surface area contributed by atoms with Crippen molar-refractivity contribution in [3.8, 4) is 5.75 Å². The summed E-state index contributed by atoms with van der Waals surface area (Å²) in [4.78, 5) is 11.3. The summed E-state index contributed by atoms with van der Waals surface area (Å²) >= 11 is 0. The summed E-state index contributed by atoms with van der Waals surface area (Å²) in [5, 5.41) is 0. The van der Waals surface area contributed by atoms with Gasteiger partial charge in [-0.3, -0.25) is 4.79 Å². The number of carbonyl (C=O) groups excluding carboxylic acids is 1. The van der Waals surface area contributed by atoms with Gasteiger partial charge in [0.25, 0.3) is 0 Å². The molecule has 0 N–H and O–H groups in total. The molecule has 0 saturated heterocycles. The molecule has 0 aliphatic heterocycles. The first-order valence-electron chi connectivity index (χ1n) is 6.57. The highest BCUT2D eigenvalue weighted by molar-refractivity contribution is 5.76. The highest BCUT2D eigenvalue weighted by Crippen LogP contribution is 2.26. The van der Waals surface area contributed by atoms with Crippen molar-refractivity contribution in [2.45, 2.75) is 46.8 Å². The first kappa shape index (κ1) is 15.7. The Kier molecular flexibility index (Phi) is 5.55. The van der Waals surface area contributed by atoms with Crippen molar-refractivity contribution >= 4 is 5.78 Å². The summed E-state index contributed by atoms with van der Waals surface area (Å²) in [6, 6.07) is 7.78. The molecule has 0 radical (unpaired) electrons. The van der Waals surface area contributed by atoms with E-state index in [0.29, 0.717) is 13.0 Å². The molecule has 0 aliphatic rings. The maximum atomic E-state index is 11.3. The van der Waals surface area contributed by atoms with Crippen LogP contribution in [0.3, 0.4) is 0 Å². The molecule has 0 fully saturated rings. The van der Waals surface area contributed by atoms with Crippen LogP contribution in [0, 0.1) is 5.41 Å². The van der Waals surface area contributed by atoms with Crippen LogP contribution in [-0.2, 0) is 16.1 Å². The highest BCUT2D eigenvalue weighted by atomic mass is 16.5. The standard InChI is InChI=1S/C16H24O3/c1-12(17)10-15(16(2,3)4)19-11-13-6-8-14(18-5)9-7-13/h6-9,15H,10-11H2,1-5H3/t15-/m1/s1. The van der Waals surface area contributed by atoms with Gasteiger partial charge in [-0.15, -0.1) is 0 Å². The summed E-state index contributed by atoms with van der Waals surface area (Å²) < 4.78 is 11.0. The first-order chi connectivity index (χ1) is 8.82. The van der Waals surface area contributed by atoms with E-state index in [9.17, 15) is 4.79 Å². The van der Waals surface area contributed by atoms with E-state index in [0.717, 1.165) is 11.3 Å². The maximum Gasteiger partial charge on any atom is 0.132 e. The van der Waals surface area contributed by atoms with Crippen LogP contribution < -0.4 is 4.74 Å². The Morgan fingerprint density at radius 2 is 1.79 bits per heavy atom. The van der Waals surface area contributed by atoms with Gasteiger partial charge in [-0.05, 0) is 30.0 Å². The van der Waals surface area contributed by atoms with Crippen molar-refractivity contribution in [1.29, 1.82) is 0 Å². The third-order valence-corrected chi connectivity index (χ3v) is 3.05. The van der Waals surface area contributed by atoms with E-state index in [1.165, 1.54) is 0 Å². The predicted octanol–water partition coefficient (Wildman–Crippen LogP) is 3.61. The lowest BCUT2D eigenvalue weighted by Gasteiger charge is -2.30. The third kappa shape index (κ3) is 5.43. The van der Waals surface area contributed by atoms with E-state index in [1.807, 2.05) is 24.3 Å². The van der Waals surface area contributed by atoms with Gasteiger partial charge in [0.15, 0.2) is 0 Å². The van der Waals surface area contributed by atoms with Crippen LogP contribution >= 0.6 is 0 Å². The van der Waals surface area contributed by atoms with Crippen LogP contribution in [0.5, 0.6) is 5.75 Å². The number of ether oxygens (including phenoxy) is 2. The number of Topliss-reactive ketones (excluding diaryl/α,β-unsaturated/α-hetero) is 1. The third-order valence-electron chi connectivity index (χ3n) is 3.05. The minimum atomic E-state index is -0.0629. The lowest BCUT2D eigenvalue weighted by atomic mass is 9.86. The molecular weight excluding hydrogens is 240 g/mol. The monoisotopic (exact) mass is 264 g/mol. The summed E-state index contributed by atoms with van der Waals surface area (Å²) in [5.41, 5.74) is 1.04. The number of hydrogen-bond donors (Lipinski definition) is 0. The number of carbonyl (C=O) groups is 1. The SMILES string of the molecule is COc1ccc(CO[C@H](CC(C)=O)C(C)(C)C)cc1. The molecule has 0 aliphatic carbocycles. The fourth-order valence-corrected chi connectivity index (χ4v) is 1.79. The molecule has 0 unspecified atom stereocenters. The average molecular weight is 264 g/mol. The Balaban J connectivity index is 2.62. The largest absolute Gasteiger partial charge is 0.497 e. The molecule has 0 bridgehead atoms. The van der Waals surface area contributed by atoms with Crippen molar-refractivity contribution in [3.05, 3.63) is 29.8 Å². The van der Waals surface area contributed by atoms with Crippen molar-refractivity contribution in [2.24, 2.45) is 5.41 Å². The molecule has 1 aromatic rings. The maximum absolute atomic E-state index is 11.3. The smallest absolute Gasteiger partial charge is 0.132 e.